The molecule has 0 saturated heterocycles. The lowest BCUT2D eigenvalue weighted by atomic mass is 10.1. The summed E-state index contributed by atoms with van der Waals surface area (Å²) in [4.78, 5) is 13.8. The molecule has 188 valence electrons. The number of nitrogens with zero attached hydrogens (tertiary/aromatic N) is 4. The summed E-state index contributed by atoms with van der Waals surface area (Å²) >= 11 is 0. The van der Waals surface area contributed by atoms with Crippen LogP contribution < -0.4 is 10.2 Å². The second kappa shape index (κ2) is 10.3. The molecule has 6 nitrogen and oxygen atoms in total. The molecule has 2 aliphatic rings. The zero-order chi connectivity index (χ0) is 25.9. The Bertz CT molecular complexity index is 1280. The standard InChI is InChI=1S/C25H22F5N5O/c1-16(26)18(5-2-4-17-10-12-31-13-11-17)21-14-35(33-32-21)23-9-8-19-20(27)6-3-7-22(19)34(24(23)36)15-25(28,29)30/h2-7,10-14,23,31H,8-9,15H2,1H3. The Morgan fingerprint density at radius 3 is 2.69 bits per heavy atom. The third kappa shape index (κ3) is 5.61. The van der Waals surface area contributed by atoms with Crippen LogP contribution in [0.5, 0.6) is 0 Å². The number of amides is 1. The molecule has 0 spiro atoms. The minimum Gasteiger partial charge on any atom is -0.368 e. The molecular weight excluding hydrogens is 481 g/mol. The van der Waals surface area contributed by atoms with E-state index in [-0.39, 0.29) is 35.4 Å². The zero-order valence-corrected chi connectivity index (χ0v) is 19.1. The molecule has 1 N–H and O–H groups in total. The van der Waals surface area contributed by atoms with E-state index in [2.05, 4.69) is 15.6 Å². The number of fused-ring (bicyclic) bond motifs is 1. The number of allylic oxidation sites excluding steroid dienone is 8. The molecule has 2 aromatic rings. The quantitative estimate of drug-likeness (QED) is 0.444. The number of hydrogen-bond donors (Lipinski definition) is 1. The van der Waals surface area contributed by atoms with Crippen molar-refractivity contribution in [3.8, 4) is 0 Å². The largest absolute Gasteiger partial charge is 0.406 e. The summed E-state index contributed by atoms with van der Waals surface area (Å²) in [6.07, 6.45) is 8.55. The van der Waals surface area contributed by atoms with Crippen molar-refractivity contribution in [2.75, 3.05) is 11.4 Å². The zero-order valence-electron chi connectivity index (χ0n) is 19.1. The Morgan fingerprint density at radius 1 is 1.25 bits per heavy atom. The number of carbonyl (C=O) groups is 1. The van der Waals surface area contributed by atoms with Gasteiger partial charge < -0.3 is 10.2 Å². The normalized spacial score (nSPS) is 18.7. The van der Waals surface area contributed by atoms with Gasteiger partial charge in [0.2, 0.25) is 0 Å². The van der Waals surface area contributed by atoms with Gasteiger partial charge in [-0.15, -0.1) is 5.10 Å². The molecule has 0 bridgehead atoms. The maximum Gasteiger partial charge on any atom is 0.406 e. The average molecular weight is 503 g/mol. The third-order valence-electron chi connectivity index (χ3n) is 5.71. The lowest BCUT2D eigenvalue weighted by molar-refractivity contribution is -0.134. The van der Waals surface area contributed by atoms with E-state index in [1.807, 2.05) is 12.2 Å². The Kier molecular flexibility index (Phi) is 7.18. The highest BCUT2D eigenvalue weighted by atomic mass is 19.4. The molecule has 11 heteroatoms. The molecular formula is C25H22F5N5O. The van der Waals surface area contributed by atoms with Gasteiger partial charge in [-0.25, -0.2) is 13.5 Å². The van der Waals surface area contributed by atoms with Crippen LogP contribution in [0.25, 0.3) is 5.57 Å². The Labute approximate surface area is 203 Å². The number of rotatable bonds is 5. The van der Waals surface area contributed by atoms with Crippen molar-refractivity contribution >= 4 is 17.2 Å². The number of benzene rings is 1. The highest BCUT2D eigenvalue weighted by Gasteiger charge is 2.40. The second-order valence-electron chi connectivity index (χ2n) is 8.22. The van der Waals surface area contributed by atoms with Crippen molar-refractivity contribution in [2.45, 2.75) is 32.0 Å². The van der Waals surface area contributed by atoms with Crippen molar-refractivity contribution in [3.05, 3.63) is 95.7 Å². The monoisotopic (exact) mass is 503 g/mol. The molecule has 0 saturated carbocycles. The number of alkyl halides is 3. The maximum absolute atomic E-state index is 14.4. The van der Waals surface area contributed by atoms with Crippen molar-refractivity contribution in [3.63, 3.8) is 0 Å². The summed E-state index contributed by atoms with van der Waals surface area (Å²) in [7, 11) is 0. The van der Waals surface area contributed by atoms with E-state index in [9.17, 15) is 26.7 Å². The first kappa shape index (κ1) is 25.1. The van der Waals surface area contributed by atoms with E-state index in [4.69, 9.17) is 0 Å². The van der Waals surface area contributed by atoms with Crippen LogP contribution in [0.3, 0.4) is 0 Å². The van der Waals surface area contributed by atoms with Gasteiger partial charge in [0.25, 0.3) is 5.91 Å². The van der Waals surface area contributed by atoms with Crippen LogP contribution in [0.1, 0.15) is 30.6 Å². The molecule has 2 aliphatic heterocycles. The highest BCUT2D eigenvalue weighted by molar-refractivity contribution is 5.97. The molecule has 4 rings (SSSR count). The van der Waals surface area contributed by atoms with Crippen LogP contribution in [-0.2, 0) is 11.2 Å². The van der Waals surface area contributed by atoms with Crippen LogP contribution in [0.15, 0.2) is 78.6 Å². The highest BCUT2D eigenvalue weighted by Crippen LogP contribution is 2.35. The van der Waals surface area contributed by atoms with E-state index in [0.717, 1.165) is 16.3 Å². The van der Waals surface area contributed by atoms with Gasteiger partial charge in [0, 0.05) is 23.5 Å². The van der Waals surface area contributed by atoms with Crippen molar-refractivity contribution in [1.29, 1.82) is 0 Å². The Hall–Kier alpha value is -4.02. The molecule has 0 aliphatic carbocycles. The molecule has 0 fully saturated rings. The first-order valence-electron chi connectivity index (χ1n) is 11.1. The number of carbonyl (C=O) groups excluding carboxylic acids is 1. The van der Waals surface area contributed by atoms with Crippen LogP contribution in [-0.4, -0.2) is 33.6 Å². The minimum absolute atomic E-state index is 0.00772. The second-order valence-corrected chi connectivity index (χ2v) is 8.22. The number of dihydropyridines is 1. The molecule has 1 atom stereocenters. The van der Waals surface area contributed by atoms with Gasteiger partial charge in [0.05, 0.1) is 11.9 Å². The van der Waals surface area contributed by atoms with E-state index < -0.39 is 36.3 Å². The summed E-state index contributed by atoms with van der Waals surface area (Å²) < 4.78 is 69.9. The first-order chi connectivity index (χ1) is 17.1. The van der Waals surface area contributed by atoms with E-state index >= 15 is 0 Å². The molecule has 3 heterocycles. The van der Waals surface area contributed by atoms with Crippen molar-refractivity contribution in [1.82, 2.24) is 20.3 Å². The van der Waals surface area contributed by atoms with Gasteiger partial charge in [0.1, 0.15) is 29.9 Å². The Balaban J connectivity index is 1.64. The molecule has 1 unspecified atom stereocenters. The van der Waals surface area contributed by atoms with E-state index in [0.29, 0.717) is 4.90 Å². The average Bonchev–Trinajstić information content (AvgIpc) is 3.25. The lowest BCUT2D eigenvalue weighted by Crippen LogP contribution is -2.42. The predicted octanol–water partition coefficient (Wildman–Crippen LogP) is 5.31. The van der Waals surface area contributed by atoms with Crippen LogP contribution in [0.2, 0.25) is 0 Å². The number of nitrogens with one attached hydrogen (secondary N) is 1. The van der Waals surface area contributed by atoms with Crippen molar-refractivity contribution < 1.29 is 26.7 Å². The summed E-state index contributed by atoms with van der Waals surface area (Å²) in [6, 6.07) is 2.51. The van der Waals surface area contributed by atoms with Crippen molar-refractivity contribution in [2.24, 2.45) is 0 Å². The van der Waals surface area contributed by atoms with Crippen LogP contribution >= 0.6 is 0 Å². The topological polar surface area (TPSA) is 63.1 Å². The minimum atomic E-state index is -4.71. The van der Waals surface area contributed by atoms with Gasteiger partial charge in [-0.05, 0) is 49.6 Å². The third-order valence-corrected chi connectivity index (χ3v) is 5.71. The molecule has 1 aromatic carbocycles. The molecule has 36 heavy (non-hydrogen) atoms. The van der Waals surface area contributed by atoms with Gasteiger partial charge >= 0.3 is 6.18 Å². The van der Waals surface area contributed by atoms with Gasteiger partial charge in [-0.2, -0.15) is 13.2 Å². The first-order valence-corrected chi connectivity index (χ1v) is 11.1. The van der Waals surface area contributed by atoms with Gasteiger partial charge in [-0.1, -0.05) is 29.5 Å². The molecule has 1 aromatic heterocycles. The van der Waals surface area contributed by atoms with Gasteiger partial charge in [-0.3, -0.25) is 4.79 Å². The summed E-state index contributed by atoms with van der Waals surface area (Å²) in [5, 5.41) is 10.8. The number of hydrogen-bond acceptors (Lipinski definition) is 4. The fourth-order valence-electron chi connectivity index (χ4n) is 4.03. The summed E-state index contributed by atoms with van der Waals surface area (Å²) in [6.45, 7) is -0.345. The summed E-state index contributed by atoms with van der Waals surface area (Å²) in [5.74, 6) is -2.16. The van der Waals surface area contributed by atoms with Crippen LogP contribution in [0, 0.1) is 5.82 Å². The maximum atomic E-state index is 14.4. The van der Waals surface area contributed by atoms with E-state index in [1.54, 1.807) is 24.6 Å². The summed E-state index contributed by atoms with van der Waals surface area (Å²) in [5.41, 5.74) is 0.962. The lowest BCUT2D eigenvalue weighted by Gasteiger charge is -2.26. The number of halogens is 5. The predicted molar refractivity (Wildman–Crippen MR) is 125 cm³/mol. The smallest absolute Gasteiger partial charge is 0.368 e. The number of anilines is 1. The molecule has 1 amide bonds. The fourth-order valence-corrected chi connectivity index (χ4v) is 4.03. The fraction of sp³-hybridized carbons (Fsp3) is 0.240. The van der Waals surface area contributed by atoms with Crippen LogP contribution in [0.4, 0.5) is 27.6 Å². The SMILES string of the molecule is CC(F)=C(C=CC=C1C=CNC=C1)c1cn(C2CCc3c(F)cccc3N(CC(F)(F)F)C2=O)nn1. The van der Waals surface area contributed by atoms with E-state index in [1.165, 1.54) is 31.3 Å². The van der Waals surface area contributed by atoms with Gasteiger partial charge in [0.15, 0.2) is 0 Å². The number of aromatic nitrogens is 3. The molecule has 0 radical (unpaired) electrons. The Morgan fingerprint density at radius 2 is 2.00 bits per heavy atom.